The first kappa shape index (κ1) is 21.4. The highest BCUT2D eigenvalue weighted by Crippen LogP contribution is 2.33. The molecule has 0 fully saturated rings. The van der Waals surface area contributed by atoms with Gasteiger partial charge < -0.3 is 0 Å². The maximum absolute atomic E-state index is 10.9. The van der Waals surface area contributed by atoms with Crippen LogP contribution in [0.25, 0.3) is 21.5 Å². The van der Waals surface area contributed by atoms with Gasteiger partial charge in [-0.1, -0.05) is 48.5 Å². The topological polar surface area (TPSA) is 114 Å². The van der Waals surface area contributed by atoms with Crippen LogP contribution in [0.5, 0.6) is 0 Å². The van der Waals surface area contributed by atoms with E-state index in [2.05, 4.69) is 58.5 Å². The molecule has 3 aromatic carbocycles. The van der Waals surface area contributed by atoms with Crippen LogP contribution in [0.4, 0.5) is 0 Å². The smallest absolute Gasteiger partial charge is 0.273 e. The molecule has 1 aliphatic rings. The Bertz CT molecular complexity index is 1470. The Balaban J connectivity index is 0.000000159. The second-order valence-corrected chi connectivity index (χ2v) is 12.0. The highest BCUT2D eigenvalue weighted by atomic mass is 33.2. The minimum absolute atomic E-state index is 0.725. The Morgan fingerprint density at radius 3 is 2.26 bits per heavy atom. The normalized spacial score (nSPS) is 14.0. The van der Waals surface area contributed by atoms with Crippen molar-refractivity contribution in [3.8, 4) is 0 Å². The van der Waals surface area contributed by atoms with Gasteiger partial charge in [0, 0.05) is 12.4 Å². The fourth-order valence-electron chi connectivity index (χ4n) is 3.86. The number of rotatable bonds is 2. The van der Waals surface area contributed by atoms with Crippen molar-refractivity contribution < 1.29 is 21.4 Å². The molecule has 1 heterocycles. The fraction of sp³-hybridized carbons (Fsp3) is 0.182. The summed E-state index contributed by atoms with van der Waals surface area (Å²) in [5.74, 6) is 0. The van der Waals surface area contributed by atoms with E-state index in [1.165, 1.54) is 53.4 Å². The van der Waals surface area contributed by atoms with Crippen LogP contribution in [0.15, 0.2) is 72.1 Å². The van der Waals surface area contributed by atoms with Gasteiger partial charge >= 0.3 is 18.0 Å². The molecule has 1 aliphatic carbocycles. The molecule has 4 aromatic rings. The van der Waals surface area contributed by atoms with E-state index in [9.17, 15) is 16.8 Å². The molecule has 0 bridgehead atoms. The van der Waals surface area contributed by atoms with Crippen LogP contribution in [-0.2, 0) is 30.9 Å². The van der Waals surface area contributed by atoms with Crippen molar-refractivity contribution in [1.82, 2.24) is 9.97 Å². The molecule has 0 aliphatic heterocycles. The molecule has 9 heteroatoms. The molecule has 0 unspecified atom stereocenters. The van der Waals surface area contributed by atoms with Gasteiger partial charge in [-0.2, -0.15) is 8.42 Å². The lowest BCUT2D eigenvalue weighted by molar-refractivity contribution is 0.492. The zero-order valence-electron chi connectivity index (χ0n) is 16.5. The zero-order valence-corrected chi connectivity index (χ0v) is 18.1. The lowest BCUT2D eigenvalue weighted by atomic mass is 9.86. The average molecular weight is 457 g/mol. The molecule has 0 amide bonds. The van der Waals surface area contributed by atoms with E-state index in [0.29, 0.717) is 0 Å². The first-order valence-corrected chi connectivity index (χ1v) is 13.1. The Morgan fingerprint density at radius 2 is 1.52 bits per heavy atom. The first-order valence-electron chi connectivity index (χ1n) is 9.70. The highest BCUT2D eigenvalue weighted by molar-refractivity contribution is 8.64. The summed E-state index contributed by atoms with van der Waals surface area (Å²) >= 11 is 0. The third kappa shape index (κ3) is 4.16. The summed E-state index contributed by atoms with van der Waals surface area (Å²) in [6.45, 7) is 0. The molecule has 0 spiro atoms. The minimum Gasteiger partial charge on any atom is -0.273 e. The number of benzene rings is 3. The molecule has 1 N–H and O–H groups in total. The van der Waals surface area contributed by atoms with Crippen molar-refractivity contribution in [2.75, 3.05) is 0 Å². The second-order valence-electron chi connectivity index (χ2n) is 7.22. The van der Waals surface area contributed by atoms with Gasteiger partial charge in [-0.05, 0) is 58.4 Å². The Kier molecular flexibility index (Phi) is 5.74. The molecule has 0 radical (unpaired) electrons. The number of hydrogen-bond acceptors (Lipinski definition) is 6. The van der Waals surface area contributed by atoms with E-state index in [0.717, 1.165) is 12.4 Å². The molecule has 0 saturated heterocycles. The molecule has 0 atom stereocenters. The van der Waals surface area contributed by atoms with Crippen LogP contribution in [0.1, 0.15) is 24.0 Å². The summed E-state index contributed by atoms with van der Waals surface area (Å²) in [5, 5.41) is 4.83. The van der Waals surface area contributed by atoms with E-state index in [1.807, 2.05) is 0 Å². The summed E-state index contributed by atoms with van der Waals surface area (Å²) in [6, 6.07) is 18.0. The monoisotopic (exact) mass is 456 g/mol. The van der Waals surface area contributed by atoms with Crippen LogP contribution in [0, 0.1) is 0 Å². The van der Waals surface area contributed by atoms with Gasteiger partial charge in [0.2, 0.25) is 0 Å². The second kappa shape index (κ2) is 8.33. The molecule has 160 valence electrons. The van der Waals surface area contributed by atoms with Gasteiger partial charge in [0.05, 0.1) is 6.20 Å². The zero-order chi connectivity index (χ0) is 22.1. The Hall–Kier alpha value is -2.88. The summed E-state index contributed by atoms with van der Waals surface area (Å²) in [5.41, 5.74) is 3.17. The summed E-state index contributed by atoms with van der Waals surface area (Å²) < 4.78 is 50.8. The number of hydrogen-bond donors (Lipinski definition) is 1. The van der Waals surface area contributed by atoms with Crippen molar-refractivity contribution in [2.45, 2.75) is 30.7 Å². The van der Waals surface area contributed by atoms with E-state index >= 15 is 0 Å². The maximum Gasteiger partial charge on any atom is 0.378 e. The summed E-state index contributed by atoms with van der Waals surface area (Å²) in [6.07, 6.45) is 8.11. The van der Waals surface area contributed by atoms with Crippen LogP contribution in [0.3, 0.4) is 0 Å². The molecule has 1 aromatic heterocycles. The molecule has 7 nitrogen and oxygen atoms in total. The number of aryl methyl sites for hydroxylation is 2. The van der Waals surface area contributed by atoms with Gasteiger partial charge in [0.15, 0.2) is 5.03 Å². The van der Waals surface area contributed by atoms with Gasteiger partial charge in [-0.3, -0.25) is 9.54 Å². The van der Waals surface area contributed by atoms with Gasteiger partial charge in [-0.25, -0.2) is 13.4 Å². The molecule has 5 rings (SSSR count). The Morgan fingerprint density at radius 1 is 0.774 bits per heavy atom. The first-order chi connectivity index (χ1) is 14.8. The third-order valence-electron chi connectivity index (χ3n) is 5.33. The molecule has 0 saturated carbocycles. The third-order valence-corrected chi connectivity index (χ3v) is 8.78. The Labute approximate surface area is 179 Å². The SMILES string of the molecule is O=S(=O)(O)S(=O)(=O)c1cnccn1.c1ccc2c(c1)ccc1c3c(ccc12)CCCC3. The van der Waals surface area contributed by atoms with E-state index in [4.69, 9.17) is 4.55 Å². The van der Waals surface area contributed by atoms with Crippen LogP contribution in [0.2, 0.25) is 0 Å². The maximum atomic E-state index is 10.9. The largest absolute Gasteiger partial charge is 0.378 e. The summed E-state index contributed by atoms with van der Waals surface area (Å²) in [4.78, 5) is 6.57. The van der Waals surface area contributed by atoms with Crippen molar-refractivity contribution in [3.63, 3.8) is 0 Å². The van der Waals surface area contributed by atoms with Crippen LogP contribution >= 0.6 is 0 Å². The minimum atomic E-state index is -5.19. The highest BCUT2D eigenvalue weighted by Gasteiger charge is 2.31. The molecular weight excluding hydrogens is 436 g/mol. The molecule has 31 heavy (non-hydrogen) atoms. The van der Waals surface area contributed by atoms with E-state index in [-0.39, 0.29) is 0 Å². The van der Waals surface area contributed by atoms with Crippen molar-refractivity contribution >= 4 is 39.6 Å². The number of nitrogens with zero attached hydrogens (tertiary/aromatic N) is 2. The van der Waals surface area contributed by atoms with E-state index in [1.54, 1.807) is 11.1 Å². The predicted octanol–water partition coefficient (Wildman–Crippen LogP) is 3.92. The van der Waals surface area contributed by atoms with Crippen molar-refractivity contribution in [3.05, 3.63) is 78.2 Å². The van der Waals surface area contributed by atoms with Crippen molar-refractivity contribution in [2.24, 2.45) is 0 Å². The van der Waals surface area contributed by atoms with Crippen molar-refractivity contribution in [1.29, 1.82) is 0 Å². The quantitative estimate of drug-likeness (QED) is 0.276. The van der Waals surface area contributed by atoms with Gasteiger partial charge in [0.25, 0.3) is 0 Å². The van der Waals surface area contributed by atoms with Crippen LogP contribution in [-0.4, -0.2) is 31.4 Å². The van der Waals surface area contributed by atoms with E-state index < -0.39 is 23.0 Å². The lowest BCUT2D eigenvalue weighted by Crippen LogP contribution is -2.15. The number of aromatic nitrogens is 2. The van der Waals surface area contributed by atoms with Crippen LogP contribution < -0.4 is 0 Å². The fourth-order valence-corrected chi connectivity index (χ4v) is 5.37. The number of fused-ring (bicyclic) bond motifs is 5. The van der Waals surface area contributed by atoms with Gasteiger partial charge in [-0.15, -0.1) is 0 Å². The standard InChI is InChI=1S/C18H16.C4H4N2O5S2/c1-3-7-15-13(5-1)9-11-18-16-8-4-2-6-14(16)10-12-17(15)18;7-12(8,13(9,10)11)4-3-5-1-2-6-4/h1,3,5,7,9-12H,2,4,6,8H2;1-3H,(H,9,10,11). The predicted molar refractivity (Wildman–Crippen MR) is 119 cm³/mol. The molecular formula is C22H20N2O5S2. The average Bonchev–Trinajstić information content (AvgIpc) is 2.79. The lowest BCUT2D eigenvalue weighted by Gasteiger charge is -2.18. The summed E-state index contributed by atoms with van der Waals surface area (Å²) in [7, 11) is -10.0. The van der Waals surface area contributed by atoms with Gasteiger partial charge in [0.1, 0.15) is 0 Å².